The first-order valence-electron chi connectivity index (χ1n) is 5.87. The van der Waals surface area contributed by atoms with Crippen molar-refractivity contribution in [3.05, 3.63) is 24.0 Å². The molecular weight excluding hydrogens is 216 g/mol. The van der Waals surface area contributed by atoms with Crippen LogP contribution in [0.1, 0.15) is 33.4 Å². The summed E-state index contributed by atoms with van der Waals surface area (Å²) in [7, 11) is 0. The van der Waals surface area contributed by atoms with Crippen LogP contribution in [-0.2, 0) is 6.54 Å². The summed E-state index contributed by atoms with van der Waals surface area (Å²) in [6.07, 6.45) is 1.22. The number of aliphatic hydroxyl groups excluding tert-OH is 1. The summed E-state index contributed by atoms with van der Waals surface area (Å²) < 4.78 is 5.33. The third-order valence-electron chi connectivity index (χ3n) is 2.09. The molecule has 1 aromatic heterocycles. The Morgan fingerprint density at radius 3 is 2.59 bits per heavy atom. The average molecular weight is 238 g/mol. The molecule has 17 heavy (non-hydrogen) atoms. The van der Waals surface area contributed by atoms with Crippen molar-refractivity contribution in [3.8, 4) is 5.75 Å². The van der Waals surface area contributed by atoms with Gasteiger partial charge in [0.25, 0.3) is 0 Å². The molecule has 1 heterocycles. The fraction of sp³-hybridized carbons (Fsp3) is 0.615. The van der Waals surface area contributed by atoms with Crippen molar-refractivity contribution >= 4 is 0 Å². The van der Waals surface area contributed by atoms with Crippen LogP contribution < -0.4 is 10.1 Å². The van der Waals surface area contributed by atoms with Crippen molar-refractivity contribution in [1.82, 2.24) is 10.3 Å². The molecule has 4 heteroatoms. The molecule has 0 saturated carbocycles. The van der Waals surface area contributed by atoms with E-state index in [0.717, 1.165) is 12.2 Å². The smallest absolute Gasteiger partial charge is 0.137 e. The maximum absolute atomic E-state index is 9.09. The monoisotopic (exact) mass is 238 g/mol. The van der Waals surface area contributed by atoms with E-state index in [0.29, 0.717) is 12.4 Å². The van der Waals surface area contributed by atoms with Gasteiger partial charge in [-0.1, -0.05) is 0 Å². The van der Waals surface area contributed by atoms with Crippen LogP contribution in [0.5, 0.6) is 5.75 Å². The summed E-state index contributed by atoms with van der Waals surface area (Å²) in [4.78, 5) is 4.29. The summed E-state index contributed by atoms with van der Waals surface area (Å²) in [6.45, 7) is 9.07. The van der Waals surface area contributed by atoms with Crippen LogP contribution in [0.15, 0.2) is 18.3 Å². The van der Waals surface area contributed by atoms with Gasteiger partial charge in [-0.2, -0.15) is 0 Å². The number of nitrogens with one attached hydrogen (secondary N) is 1. The molecular formula is C13H22N2O2. The minimum atomic E-state index is -0.461. The maximum Gasteiger partial charge on any atom is 0.137 e. The minimum Gasteiger partial charge on any atom is -0.489 e. The SMILES string of the molecule is CC(O)COc1ccc(CNC(C)(C)C)nc1. The first-order chi connectivity index (χ1) is 7.87. The predicted molar refractivity (Wildman–Crippen MR) is 68.0 cm³/mol. The van der Waals surface area contributed by atoms with E-state index in [2.05, 4.69) is 31.1 Å². The van der Waals surface area contributed by atoms with Gasteiger partial charge < -0.3 is 15.2 Å². The molecule has 0 saturated heterocycles. The lowest BCUT2D eigenvalue weighted by atomic mass is 10.1. The van der Waals surface area contributed by atoms with Crippen molar-refractivity contribution < 1.29 is 9.84 Å². The van der Waals surface area contributed by atoms with Crippen LogP contribution in [0, 0.1) is 0 Å². The number of hydrogen-bond donors (Lipinski definition) is 2. The molecule has 0 aliphatic carbocycles. The zero-order valence-electron chi connectivity index (χ0n) is 11.0. The van der Waals surface area contributed by atoms with E-state index in [1.807, 2.05) is 12.1 Å². The molecule has 0 bridgehead atoms. The Morgan fingerprint density at radius 2 is 2.12 bits per heavy atom. The lowest BCUT2D eigenvalue weighted by Crippen LogP contribution is -2.35. The third-order valence-corrected chi connectivity index (χ3v) is 2.09. The molecule has 0 fully saturated rings. The van der Waals surface area contributed by atoms with Gasteiger partial charge in [0.1, 0.15) is 12.4 Å². The molecule has 2 N–H and O–H groups in total. The first kappa shape index (κ1) is 13.9. The van der Waals surface area contributed by atoms with Crippen LogP contribution in [0.2, 0.25) is 0 Å². The van der Waals surface area contributed by atoms with Gasteiger partial charge in [-0.3, -0.25) is 4.98 Å². The van der Waals surface area contributed by atoms with E-state index in [1.165, 1.54) is 0 Å². The molecule has 1 rings (SSSR count). The molecule has 0 aliphatic rings. The number of aliphatic hydroxyl groups is 1. The second-order valence-electron chi connectivity index (χ2n) is 5.25. The topological polar surface area (TPSA) is 54.4 Å². The minimum absolute atomic E-state index is 0.0865. The molecule has 1 atom stereocenters. The van der Waals surface area contributed by atoms with Gasteiger partial charge in [-0.25, -0.2) is 0 Å². The van der Waals surface area contributed by atoms with Gasteiger partial charge in [0.2, 0.25) is 0 Å². The molecule has 0 aliphatic heterocycles. The number of nitrogens with zero attached hydrogens (tertiary/aromatic N) is 1. The van der Waals surface area contributed by atoms with Crippen molar-refractivity contribution in [2.45, 2.75) is 45.9 Å². The fourth-order valence-electron chi connectivity index (χ4n) is 1.17. The highest BCUT2D eigenvalue weighted by molar-refractivity contribution is 5.19. The van der Waals surface area contributed by atoms with Gasteiger partial charge in [-0.05, 0) is 39.8 Å². The second kappa shape index (κ2) is 5.98. The van der Waals surface area contributed by atoms with Gasteiger partial charge >= 0.3 is 0 Å². The summed E-state index contributed by atoms with van der Waals surface area (Å²) >= 11 is 0. The highest BCUT2D eigenvalue weighted by Crippen LogP contribution is 2.10. The van der Waals surface area contributed by atoms with Gasteiger partial charge in [-0.15, -0.1) is 0 Å². The number of rotatable bonds is 5. The van der Waals surface area contributed by atoms with Gasteiger partial charge in [0, 0.05) is 12.1 Å². The Hall–Kier alpha value is -1.13. The number of pyridine rings is 1. The van der Waals surface area contributed by atoms with Gasteiger partial charge in [0.15, 0.2) is 0 Å². The zero-order chi connectivity index (χ0) is 12.9. The second-order valence-corrected chi connectivity index (χ2v) is 5.25. The quantitative estimate of drug-likeness (QED) is 0.820. The fourth-order valence-corrected chi connectivity index (χ4v) is 1.17. The molecule has 0 spiro atoms. The van der Waals surface area contributed by atoms with Crippen molar-refractivity contribution in [3.63, 3.8) is 0 Å². The van der Waals surface area contributed by atoms with Crippen LogP contribution in [-0.4, -0.2) is 28.3 Å². The third kappa shape index (κ3) is 6.24. The molecule has 1 unspecified atom stereocenters. The standard InChI is InChI=1S/C13H22N2O2/c1-10(16)9-17-12-6-5-11(14-8-12)7-15-13(2,3)4/h5-6,8,10,15-16H,7,9H2,1-4H3. The molecule has 0 aromatic carbocycles. The molecule has 1 aromatic rings. The Labute approximate surface area is 103 Å². The van der Waals surface area contributed by atoms with Crippen molar-refractivity contribution in [1.29, 1.82) is 0 Å². The highest BCUT2D eigenvalue weighted by Gasteiger charge is 2.08. The summed E-state index contributed by atoms with van der Waals surface area (Å²) in [5.41, 5.74) is 1.06. The molecule has 4 nitrogen and oxygen atoms in total. The lowest BCUT2D eigenvalue weighted by Gasteiger charge is -2.20. The molecule has 0 amide bonds. The zero-order valence-corrected chi connectivity index (χ0v) is 11.0. The Morgan fingerprint density at radius 1 is 1.41 bits per heavy atom. The van der Waals surface area contributed by atoms with E-state index in [-0.39, 0.29) is 5.54 Å². The first-order valence-corrected chi connectivity index (χ1v) is 5.87. The van der Waals surface area contributed by atoms with Crippen LogP contribution in [0.3, 0.4) is 0 Å². The summed E-state index contributed by atoms with van der Waals surface area (Å²) in [5, 5.41) is 12.5. The molecule has 96 valence electrons. The maximum atomic E-state index is 9.09. The van der Waals surface area contributed by atoms with Crippen LogP contribution in [0.4, 0.5) is 0 Å². The summed E-state index contributed by atoms with van der Waals surface area (Å²) in [6, 6.07) is 3.80. The van der Waals surface area contributed by atoms with Gasteiger partial charge in [0.05, 0.1) is 18.0 Å². The van der Waals surface area contributed by atoms with E-state index in [1.54, 1.807) is 13.1 Å². The number of ether oxygens (including phenoxy) is 1. The van der Waals surface area contributed by atoms with Crippen molar-refractivity contribution in [2.75, 3.05) is 6.61 Å². The average Bonchev–Trinajstić information content (AvgIpc) is 2.24. The normalized spacial score (nSPS) is 13.5. The van der Waals surface area contributed by atoms with E-state index in [4.69, 9.17) is 9.84 Å². The van der Waals surface area contributed by atoms with E-state index in [9.17, 15) is 0 Å². The Kier molecular flexibility index (Phi) is 4.90. The Bertz CT molecular complexity index is 328. The molecule has 0 radical (unpaired) electrons. The van der Waals surface area contributed by atoms with Crippen LogP contribution >= 0.6 is 0 Å². The lowest BCUT2D eigenvalue weighted by molar-refractivity contribution is 0.122. The Balaban J connectivity index is 2.45. The number of hydrogen-bond acceptors (Lipinski definition) is 4. The van der Waals surface area contributed by atoms with E-state index >= 15 is 0 Å². The number of aromatic nitrogens is 1. The summed E-state index contributed by atoms with van der Waals surface area (Å²) in [5.74, 6) is 0.686. The van der Waals surface area contributed by atoms with Crippen LogP contribution in [0.25, 0.3) is 0 Å². The largest absolute Gasteiger partial charge is 0.489 e. The highest BCUT2D eigenvalue weighted by atomic mass is 16.5. The van der Waals surface area contributed by atoms with E-state index < -0.39 is 6.10 Å². The van der Waals surface area contributed by atoms with Crippen molar-refractivity contribution in [2.24, 2.45) is 0 Å². The predicted octanol–water partition coefficient (Wildman–Crippen LogP) is 1.73.